The van der Waals surface area contributed by atoms with Crippen LogP contribution in [0.15, 0.2) is 22.7 Å². The molecule has 22 heavy (non-hydrogen) atoms. The Kier molecular flexibility index (Phi) is 4.10. The predicted octanol–water partition coefficient (Wildman–Crippen LogP) is 1.24. The zero-order valence-electron chi connectivity index (χ0n) is 12.3. The zero-order chi connectivity index (χ0) is 15.9. The standard InChI is InChI=1S/C15H17BrN2O4/c1-8-6-18-11(7-22-8)14(19)17-13(15(18)20)9-3-4-12(21-2)10(16)5-9/h3-5,8,11,13H,6-7H2,1-2H3,(H,17,19)/t8-,11-,13?/m0/s1. The minimum Gasteiger partial charge on any atom is -0.496 e. The van der Waals surface area contributed by atoms with Gasteiger partial charge >= 0.3 is 0 Å². The number of morpholine rings is 1. The first-order valence-corrected chi connectivity index (χ1v) is 7.86. The highest BCUT2D eigenvalue weighted by atomic mass is 79.9. The minimum absolute atomic E-state index is 0.0608. The fourth-order valence-corrected chi connectivity index (χ4v) is 3.38. The molecule has 3 rings (SSSR count). The Balaban J connectivity index is 1.89. The van der Waals surface area contributed by atoms with Gasteiger partial charge in [0.05, 0.1) is 24.3 Å². The molecule has 0 bridgehead atoms. The molecule has 0 aliphatic carbocycles. The summed E-state index contributed by atoms with van der Waals surface area (Å²) < 4.78 is 11.4. The van der Waals surface area contributed by atoms with Crippen molar-refractivity contribution in [2.24, 2.45) is 0 Å². The Morgan fingerprint density at radius 3 is 2.86 bits per heavy atom. The lowest BCUT2D eigenvalue weighted by molar-refractivity contribution is -0.162. The van der Waals surface area contributed by atoms with Crippen LogP contribution >= 0.6 is 15.9 Å². The summed E-state index contributed by atoms with van der Waals surface area (Å²) in [6, 6.07) is 4.16. The lowest BCUT2D eigenvalue weighted by Crippen LogP contribution is -2.64. The summed E-state index contributed by atoms with van der Waals surface area (Å²) in [6.45, 7) is 2.58. The summed E-state index contributed by atoms with van der Waals surface area (Å²) in [5.74, 6) is 0.400. The van der Waals surface area contributed by atoms with Gasteiger partial charge in [-0.15, -0.1) is 0 Å². The van der Waals surface area contributed by atoms with Crippen LogP contribution in [0.3, 0.4) is 0 Å². The van der Waals surface area contributed by atoms with E-state index in [0.717, 1.165) is 10.0 Å². The number of hydrogen-bond donors (Lipinski definition) is 1. The Hall–Kier alpha value is -1.60. The predicted molar refractivity (Wildman–Crippen MR) is 82.5 cm³/mol. The van der Waals surface area contributed by atoms with Gasteiger partial charge in [-0.05, 0) is 40.5 Å². The smallest absolute Gasteiger partial charge is 0.250 e. The second-order valence-corrected chi connectivity index (χ2v) is 6.34. The summed E-state index contributed by atoms with van der Waals surface area (Å²) in [5.41, 5.74) is 0.726. The topological polar surface area (TPSA) is 67.9 Å². The second-order valence-electron chi connectivity index (χ2n) is 5.49. The van der Waals surface area contributed by atoms with Gasteiger partial charge < -0.3 is 19.7 Å². The van der Waals surface area contributed by atoms with E-state index in [1.807, 2.05) is 6.92 Å². The van der Waals surface area contributed by atoms with Crippen LogP contribution in [0.25, 0.3) is 0 Å². The molecule has 2 amide bonds. The van der Waals surface area contributed by atoms with E-state index in [4.69, 9.17) is 9.47 Å². The molecule has 1 aromatic rings. The number of halogens is 1. The third-order valence-corrected chi connectivity index (χ3v) is 4.62. The average molecular weight is 369 g/mol. The van der Waals surface area contributed by atoms with Gasteiger partial charge in [0, 0.05) is 6.54 Å². The highest BCUT2D eigenvalue weighted by Gasteiger charge is 2.44. The Morgan fingerprint density at radius 1 is 1.41 bits per heavy atom. The number of rotatable bonds is 2. The molecule has 2 aliphatic heterocycles. The van der Waals surface area contributed by atoms with Gasteiger partial charge in [-0.2, -0.15) is 0 Å². The molecule has 0 radical (unpaired) electrons. The fraction of sp³-hybridized carbons (Fsp3) is 0.467. The van der Waals surface area contributed by atoms with Crippen LogP contribution in [0.4, 0.5) is 0 Å². The van der Waals surface area contributed by atoms with Crippen LogP contribution < -0.4 is 10.1 Å². The Bertz CT molecular complexity index is 622. The Labute approximate surface area is 136 Å². The normalized spacial score (nSPS) is 28.1. The molecule has 2 saturated heterocycles. The van der Waals surface area contributed by atoms with Crippen LogP contribution in [0.5, 0.6) is 5.75 Å². The number of nitrogens with zero attached hydrogens (tertiary/aromatic N) is 1. The van der Waals surface area contributed by atoms with Crippen molar-refractivity contribution in [3.8, 4) is 5.75 Å². The number of benzene rings is 1. The van der Waals surface area contributed by atoms with Crippen LogP contribution in [0, 0.1) is 0 Å². The van der Waals surface area contributed by atoms with Gasteiger partial charge in [-0.3, -0.25) is 9.59 Å². The highest BCUT2D eigenvalue weighted by molar-refractivity contribution is 9.10. The van der Waals surface area contributed by atoms with Crippen molar-refractivity contribution in [3.63, 3.8) is 0 Å². The van der Waals surface area contributed by atoms with Gasteiger partial charge in [0.2, 0.25) is 5.91 Å². The molecule has 2 fully saturated rings. The lowest BCUT2D eigenvalue weighted by Gasteiger charge is -2.43. The summed E-state index contributed by atoms with van der Waals surface area (Å²) in [6.07, 6.45) is -0.0608. The molecule has 0 saturated carbocycles. The molecule has 0 spiro atoms. The molecule has 7 heteroatoms. The van der Waals surface area contributed by atoms with Gasteiger partial charge in [-0.25, -0.2) is 0 Å². The third-order valence-electron chi connectivity index (χ3n) is 4.00. The second kappa shape index (κ2) is 5.89. The highest BCUT2D eigenvalue weighted by Crippen LogP contribution is 2.31. The van der Waals surface area contributed by atoms with E-state index in [2.05, 4.69) is 21.2 Å². The quantitative estimate of drug-likeness (QED) is 0.852. The van der Waals surface area contributed by atoms with E-state index in [1.165, 1.54) is 0 Å². The van der Waals surface area contributed by atoms with Crippen LogP contribution in [-0.4, -0.2) is 49.1 Å². The molecule has 1 aromatic carbocycles. The molecule has 2 heterocycles. The van der Waals surface area contributed by atoms with Gasteiger partial charge in [-0.1, -0.05) is 6.07 Å². The fourth-order valence-electron chi connectivity index (χ4n) is 2.82. The number of carbonyl (C=O) groups is 2. The number of carbonyl (C=O) groups excluding carboxylic acids is 2. The number of fused-ring (bicyclic) bond motifs is 1. The zero-order valence-corrected chi connectivity index (χ0v) is 13.9. The van der Waals surface area contributed by atoms with E-state index in [-0.39, 0.29) is 24.5 Å². The molecule has 6 nitrogen and oxygen atoms in total. The molecular formula is C15H17BrN2O4. The van der Waals surface area contributed by atoms with Crippen molar-refractivity contribution in [1.82, 2.24) is 10.2 Å². The van der Waals surface area contributed by atoms with Crippen LogP contribution in [0.1, 0.15) is 18.5 Å². The molecule has 1 unspecified atom stereocenters. The summed E-state index contributed by atoms with van der Waals surface area (Å²) in [4.78, 5) is 26.6. The number of amides is 2. The number of hydrogen-bond acceptors (Lipinski definition) is 4. The van der Waals surface area contributed by atoms with Crippen molar-refractivity contribution >= 4 is 27.7 Å². The van der Waals surface area contributed by atoms with Crippen LogP contribution in [-0.2, 0) is 14.3 Å². The summed E-state index contributed by atoms with van der Waals surface area (Å²) in [7, 11) is 1.58. The minimum atomic E-state index is -0.670. The maximum Gasteiger partial charge on any atom is 0.250 e. The number of methoxy groups -OCH3 is 1. The first kappa shape index (κ1) is 15.3. The van der Waals surface area contributed by atoms with E-state index in [1.54, 1.807) is 30.2 Å². The third kappa shape index (κ3) is 2.59. The molecule has 2 aliphatic rings. The van der Waals surface area contributed by atoms with Crippen LogP contribution in [0.2, 0.25) is 0 Å². The monoisotopic (exact) mass is 368 g/mol. The van der Waals surface area contributed by atoms with Gasteiger partial charge in [0.1, 0.15) is 17.8 Å². The van der Waals surface area contributed by atoms with Gasteiger partial charge in [0.15, 0.2) is 0 Å². The van der Waals surface area contributed by atoms with E-state index in [9.17, 15) is 9.59 Å². The van der Waals surface area contributed by atoms with E-state index in [0.29, 0.717) is 12.3 Å². The first-order valence-electron chi connectivity index (χ1n) is 7.07. The van der Waals surface area contributed by atoms with E-state index >= 15 is 0 Å². The van der Waals surface area contributed by atoms with Crippen molar-refractivity contribution in [2.75, 3.05) is 20.3 Å². The molecule has 3 atom stereocenters. The lowest BCUT2D eigenvalue weighted by atomic mass is 9.99. The largest absolute Gasteiger partial charge is 0.496 e. The van der Waals surface area contributed by atoms with Crippen molar-refractivity contribution in [1.29, 1.82) is 0 Å². The van der Waals surface area contributed by atoms with Crippen molar-refractivity contribution in [2.45, 2.75) is 25.1 Å². The summed E-state index contributed by atoms with van der Waals surface area (Å²) in [5, 5.41) is 2.79. The maximum absolute atomic E-state index is 12.7. The number of piperazine rings is 1. The Morgan fingerprint density at radius 2 is 2.18 bits per heavy atom. The van der Waals surface area contributed by atoms with Crippen molar-refractivity contribution < 1.29 is 19.1 Å². The first-order chi connectivity index (χ1) is 10.5. The summed E-state index contributed by atoms with van der Waals surface area (Å²) >= 11 is 3.40. The molecular weight excluding hydrogens is 352 g/mol. The maximum atomic E-state index is 12.7. The van der Waals surface area contributed by atoms with Gasteiger partial charge in [0.25, 0.3) is 5.91 Å². The average Bonchev–Trinajstić information content (AvgIpc) is 2.50. The number of nitrogens with one attached hydrogen (secondary N) is 1. The number of ether oxygens (including phenoxy) is 2. The molecule has 0 aromatic heterocycles. The molecule has 1 N–H and O–H groups in total. The SMILES string of the molecule is COc1ccc(C2NC(=O)[C@@H]3CO[C@@H](C)CN3C2=O)cc1Br. The molecule has 118 valence electrons. The van der Waals surface area contributed by atoms with E-state index < -0.39 is 12.1 Å². The van der Waals surface area contributed by atoms with Crippen molar-refractivity contribution in [3.05, 3.63) is 28.2 Å².